The molecule has 17 heavy (non-hydrogen) atoms. The van der Waals surface area contributed by atoms with Crippen molar-refractivity contribution in [1.29, 1.82) is 0 Å². The maximum Gasteiger partial charge on any atom is 0.315 e. The van der Waals surface area contributed by atoms with Crippen LogP contribution >= 0.6 is 0 Å². The highest BCUT2D eigenvalue weighted by atomic mass is 19.1. The van der Waals surface area contributed by atoms with Gasteiger partial charge in [-0.25, -0.2) is 4.39 Å². The predicted octanol–water partition coefficient (Wildman–Crippen LogP) is 1.35. The van der Waals surface area contributed by atoms with Crippen molar-refractivity contribution >= 4 is 11.9 Å². The van der Waals surface area contributed by atoms with Crippen LogP contribution in [0.15, 0.2) is 24.3 Å². The summed E-state index contributed by atoms with van der Waals surface area (Å²) in [6.45, 7) is 0.258. The Labute approximate surface area is 99.0 Å². The van der Waals surface area contributed by atoms with Crippen molar-refractivity contribution in [3.05, 3.63) is 35.6 Å². The van der Waals surface area contributed by atoms with Crippen LogP contribution < -0.4 is 0 Å². The molecule has 0 N–H and O–H groups in total. The Hall–Kier alpha value is -1.91. The first kappa shape index (κ1) is 13.2. The summed E-state index contributed by atoms with van der Waals surface area (Å²) in [4.78, 5) is 23.8. The summed E-state index contributed by atoms with van der Waals surface area (Å²) in [7, 11) is 2.78. The fraction of sp³-hybridized carbons (Fsp3) is 0.333. The number of nitrogens with zero attached hydrogens (tertiary/aromatic N) is 1. The van der Waals surface area contributed by atoms with Crippen LogP contribution in [0.3, 0.4) is 0 Å². The number of hydrogen-bond acceptors (Lipinski definition) is 3. The Morgan fingerprint density at radius 3 is 2.71 bits per heavy atom. The standard InChI is InChI=1S/C12H14FNO3/c1-14(11(15)7-12(16)17-2)8-9-4-3-5-10(13)6-9/h3-6H,7-8H2,1-2H3. The van der Waals surface area contributed by atoms with Crippen molar-refractivity contribution in [3.8, 4) is 0 Å². The van der Waals surface area contributed by atoms with Gasteiger partial charge in [0.25, 0.3) is 0 Å². The van der Waals surface area contributed by atoms with Crippen LogP contribution in [0.25, 0.3) is 0 Å². The molecule has 0 radical (unpaired) electrons. The van der Waals surface area contributed by atoms with Gasteiger partial charge in [0, 0.05) is 13.6 Å². The number of ether oxygens (including phenoxy) is 1. The normalized spacial score (nSPS) is 9.82. The molecular weight excluding hydrogens is 225 g/mol. The second-order valence-electron chi connectivity index (χ2n) is 3.63. The predicted molar refractivity (Wildman–Crippen MR) is 59.5 cm³/mol. The van der Waals surface area contributed by atoms with Gasteiger partial charge in [-0.05, 0) is 17.7 Å². The molecule has 1 amide bonds. The lowest BCUT2D eigenvalue weighted by Gasteiger charge is -2.16. The third-order valence-corrected chi connectivity index (χ3v) is 2.26. The molecule has 5 heteroatoms. The van der Waals surface area contributed by atoms with Crippen molar-refractivity contribution in [2.75, 3.05) is 14.2 Å². The van der Waals surface area contributed by atoms with Gasteiger partial charge in [0.05, 0.1) is 7.11 Å². The quantitative estimate of drug-likeness (QED) is 0.588. The Bertz CT molecular complexity index is 420. The minimum absolute atomic E-state index is 0.258. The van der Waals surface area contributed by atoms with Crippen LogP contribution in [-0.4, -0.2) is 30.9 Å². The van der Waals surface area contributed by atoms with Crippen molar-refractivity contribution in [2.24, 2.45) is 0 Å². The molecule has 1 aromatic carbocycles. The smallest absolute Gasteiger partial charge is 0.315 e. The van der Waals surface area contributed by atoms with Gasteiger partial charge in [-0.3, -0.25) is 9.59 Å². The first-order valence-corrected chi connectivity index (χ1v) is 5.08. The van der Waals surface area contributed by atoms with E-state index in [1.807, 2.05) is 0 Å². The van der Waals surface area contributed by atoms with Gasteiger partial charge in [-0.1, -0.05) is 12.1 Å². The number of carbonyl (C=O) groups excluding carboxylic acids is 2. The van der Waals surface area contributed by atoms with Crippen LogP contribution in [-0.2, 0) is 20.9 Å². The molecule has 1 aromatic rings. The van der Waals surface area contributed by atoms with E-state index in [1.165, 1.54) is 24.1 Å². The van der Waals surface area contributed by atoms with E-state index in [1.54, 1.807) is 19.2 Å². The molecule has 0 aliphatic heterocycles. The lowest BCUT2D eigenvalue weighted by atomic mass is 10.2. The Morgan fingerprint density at radius 1 is 1.41 bits per heavy atom. The second kappa shape index (κ2) is 5.98. The zero-order valence-corrected chi connectivity index (χ0v) is 9.77. The van der Waals surface area contributed by atoms with E-state index in [2.05, 4.69) is 4.74 Å². The lowest BCUT2D eigenvalue weighted by molar-refractivity contribution is -0.146. The maximum atomic E-state index is 12.9. The van der Waals surface area contributed by atoms with Gasteiger partial charge in [0.15, 0.2) is 0 Å². The summed E-state index contributed by atoms with van der Waals surface area (Å²) in [5, 5.41) is 0. The number of halogens is 1. The molecule has 0 spiro atoms. The Balaban J connectivity index is 2.57. The molecule has 0 aliphatic carbocycles. The van der Waals surface area contributed by atoms with Gasteiger partial charge in [0.2, 0.25) is 5.91 Å². The minimum Gasteiger partial charge on any atom is -0.469 e. The summed E-state index contributed by atoms with van der Waals surface area (Å²) < 4.78 is 17.3. The van der Waals surface area contributed by atoms with E-state index < -0.39 is 5.97 Å². The largest absolute Gasteiger partial charge is 0.469 e. The summed E-state index contributed by atoms with van der Waals surface area (Å²) in [5.41, 5.74) is 0.672. The Morgan fingerprint density at radius 2 is 2.12 bits per heavy atom. The van der Waals surface area contributed by atoms with Crippen LogP contribution in [0.1, 0.15) is 12.0 Å². The molecule has 0 aromatic heterocycles. The monoisotopic (exact) mass is 239 g/mol. The van der Waals surface area contributed by atoms with E-state index in [4.69, 9.17) is 0 Å². The summed E-state index contributed by atoms with van der Waals surface area (Å²) in [5.74, 6) is -1.29. The molecule has 1 rings (SSSR count). The van der Waals surface area contributed by atoms with Gasteiger partial charge in [0.1, 0.15) is 12.2 Å². The highest BCUT2D eigenvalue weighted by Gasteiger charge is 2.14. The van der Waals surface area contributed by atoms with Crippen LogP contribution in [0.2, 0.25) is 0 Å². The first-order valence-electron chi connectivity index (χ1n) is 5.08. The fourth-order valence-electron chi connectivity index (χ4n) is 1.33. The summed E-state index contributed by atoms with van der Waals surface area (Å²) in [6.07, 6.45) is -0.303. The number of amides is 1. The van der Waals surface area contributed by atoms with E-state index in [9.17, 15) is 14.0 Å². The van der Waals surface area contributed by atoms with E-state index in [0.29, 0.717) is 5.56 Å². The van der Waals surface area contributed by atoms with E-state index in [0.717, 1.165) is 0 Å². The van der Waals surface area contributed by atoms with Gasteiger partial charge < -0.3 is 9.64 Å². The number of hydrogen-bond donors (Lipinski definition) is 0. The van der Waals surface area contributed by atoms with Gasteiger partial charge in [-0.2, -0.15) is 0 Å². The first-order chi connectivity index (χ1) is 8.02. The maximum absolute atomic E-state index is 12.9. The molecule has 0 bridgehead atoms. The molecule has 0 heterocycles. The van der Waals surface area contributed by atoms with Gasteiger partial charge >= 0.3 is 5.97 Å². The lowest BCUT2D eigenvalue weighted by Crippen LogP contribution is -2.28. The second-order valence-corrected chi connectivity index (χ2v) is 3.63. The summed E-state index contributed by atoms with van der Waals surface area (Å²) in [6, 6.07) is 5.97. The number of methoxy groups -OCH3 is 1. The topological polar surface area (TPSA) is 46.6 Å². The van der Waals surface area contributed by atoms with Crippen molar-refractivity contribution in [1.82, 2.24) is 4.90 Å². The van der Waals surface area contributed by atoms with Crippen LogP contribution in [0.4, 0.5) is 4.39 Å². The Kier molecular flexibility index (Phi) is 4.63. The zero-order valence-electron chi connectivity index (χ0n) is 9.77. The molecule has 0 aliphatic rings. The molecular formula is C12H14FNO3. The average Bonchev–Trinajstić information content (AvgIpc) is 2.28. The highest BCUT2D eigenvalue weighted by Crippen LogP contribution is 2.07. The number of benzene rings is 1. The SMILES string of the molecule is COC(=O)CC(=O)N(C)Cc1cccc(F)c1. The zero-order chi connectivity index (χ0) is 12.8. The highest BCUT2D eigenvalue weighted by molar-refractivity contribution is 5.94. The third kappa shape index (κ3) is 4.22. The minimum atomic E-state index is -0.582. The molecule has 4 nitrogen and oxygen atoms in total. The number of esters is 1. The fourth-order valence-corrected chi connectivity index (χ4v) is 1.33. The van der Waals surface area contributed by atoms with Crippen molar-refractivity contribution in [2.45, 2.75) is 13.0 Å². The molecule has 0 saturated heterocycles. The third-order valence-electron chi connectivity index (χ3n) is 2.26. The van der Waals surface area contributed by atoms with Crippen LogP contribution in [0, 0.1) is 5.82 Å². The molecule has 0 atom stereocenters. The van der Waals surface area contributed by atoms with Crippen molar-refractivity contribution in [3.63, 3.8) is 0 Å². The van der Waals surface area contributed by atoms with Crippen LogP contribution in [0.5, 0.6) is 0 Å². The molecule has 0 unspecified atom stereocenters. The molecule has 92 valence electrons. The van der Waals surface area contributed by atoms with Gasteiger partial charge in [-0.15, -0.1) is 0 Å². The molecule has 0 saturated carbocycles. The van der Waals surface area contributed by atoms with E-state index >= 15 is 0 Å². The van der Waals surface area contributed by atoms with Crippen molar-refractivity contribution < 1.29 is 18.7 Å². The van der Waals surface area contributed by atoms with E-state index in [-0.39, 0.29) is 24.7 Å². The molecule has 0 fully saturated rings. The number of rotatable bonds is 4. The number of carbonyl (C=O) groups is 2. The average molecular weight is 239 g/mol. The summed E-state index contributed by atoms with van der Waals surface area (Å²) >= 11 is 0.